The van der Waals surface area contributed by atoms with Gasteiger partial charge in [-0.3, -0.25) is 4.79 Å². The fraction of sp³-hybridized carbons (Fsp3) is 0.211. The van der Waals surface area contributed by atoms with Gasteiger partial charge in [0.1, 0.15) is 11.8 Å². The molecule has 2 aromatic carbocycles. The molecule has 2 nitrogen and oxygen atoms in total. The Morgan fingerprint density at radius 1 is 0.952 bits per heavy atom. The number of rotatable bonds is 2. The third-order valence-electron chi connectivity index (χ3n) is 3.74. The number of benzene rings is 2. The van der Waals surface area contributed by atoms with E-state index in [1.165, 1.54) is 5.56 Å². The highest BCUT2D eigenvalue weighted by Crippen LogP contribution is 2.25. The van der Waals surface area contributed by atoms with Crippen molar-refractivity contribution in [2.75, 3.05) is 0 Å². The van der Waals surface area contributed by atoms with E-state index >= 15 is 0 Å². The van der Waals surface area contributed by atoms with E-state index in [4.69, 9.17) is 4.42 Å². The van der Waals surface area contributed by atoms with Crippen LogP contribution in [0.25, 0.3) is 11.0 Å². The minimum atomic E-state index is 0.000379. The second-order valence-electron chi connectivity index (χ2n) is 6.30. The Hall–Kier alpha value is -2.35. The second kappa shape index (κ2) is 4.88. The summed E-state index contributed by atoms with van der Waals surface area (Å²) in [5.74, 6) is 0.000379. The molecule has 2 heteroatoms. The quantitative estimate of drug-likeness (QED) is 0.620. The normalized spacial score (nSPS) is 11.8. The van der Waals surface area contributed by atoms with Gasteiger partial charge < -0.3 is 4.42 Å². The van der Waals surface area contributed by atoms with Crippen molar-refractivity contribution >= 4 is 16.8 Å². The van der Waals surface area contributed by atoms with Gasteiger partial charge in [0.25, 0.3) is 0 Å². The van der Waals surface area contributed by atoms with Crippen LogP contribution in [0.5, 0.6) is 0 Å². The number of para-hydroxylation sites is 1. The van der Waals surface area contributed by atoms with Crippen LogP contribution < -0.4 is 0 Å². The summed E-state index contributed by atoms with van der Waals surface area (Å²) in [7, 11) is 0. The summed E-state index contributed by atoms with van der Waals surface area (Å²) >= 11 is 0. The van der Waals surface area contributed by atoms with E-state index in [1.807, 2.05) is 48.5 Å². The van der Waals surface area contributed by atoms with Gasteiger partial charge in [-0.25, -0.2) is 0 Å². The minimum Gasteiger partial charge on any atom is -0.464 e. The van der Waals surface area contributed by atoms with E-state index in [9.17, 15) is 4.79 Å². The van der Waals surface area contributed by atoms with Crippen LogP contribution in [0.4, 0.5) is 0 Å². The number of ketones is 1. The lowest BCUT2D eigenvalue weighted by Gasteiger charge is -2.18. The zero-order valence-electron chi connectivity index (χ0n) is 12.5. The van der Waals surface area contributed by atoms with E-state index < -0.39 is 0 Å². The van der Waals surface area contributed by atoms with Crippen molar-refractivity contribution in [3.05, 3.63) is 71.5 Å². The zero-order chi connectivity index (χ0) is 15.0. The number of hydrogen-bond donors (Lipinski definition) is 0. The van der Waals surface area contributed by atoms with Crippen LogP contribution >= 0.6 is 0 Å². The molecular weight excluding hydrogens is 260 g/mol. The largest absolute Gasteiger partial charge is 0.464 e. The summed E-state index contributed by atoms with van der Waals surface area (Å²) in [6, 6.07) is 15.4. The molecule has 0 saturated carbocycles. The Kier molecular flexibility index (Phi) is 3.17. The SMILES string of the molecule is CC(C)(C)c1ccc(C(=O)c2coc3ccccc23)cc1. The summed E-state index contributed by atoms with van der Waals surface area (Å²) < 4.78 is 5.45. The van der Waals surface area contributed by atoms with Gasteiger partial charge in [0.15, 0.2) is 5.78 Å². The van der Waals surface area contributed by atoms with Gasteiger partial charge in [0.2, 0.25) is 0 Å². The smallest absolute Gasteiger partial charge is 0.196 e. The molecule has 21 heavy (non-hydrogen) atoms. The average molecular weight is 278 g/mol. The molecular formula is C19H18O2. The first-order valence-electron chi connectivity index (χ1n) is 7.08. The third kappa shape index (κ3) is 2.49. The van der Waals surface area contributed by atoms with Crippen LogP contribution in [0.3, 0.4) is 0 Å². The van der Waals surface area contributed by atoms with Crippen molar-refractivity contribution in [2.45, 2.75) is 26.2 Å². The van der Waals surface area contributed by atoms with E-state index in [2.05, 4.69) is 20.8 Å². The predicted octanol–water partition coefficient (Wildman–Crippen LogP) is 4.96. The number of hydrogen-bond acceptors (Lipinski definition) is 2. The standard InChI is InChI=1S/C19H18O2/c1-19(2,3)14-10-8-13(9-11-14)18(20)16-12-21-17-7-5-4-6-15(16)17/h4-12H,1-3H3. The van der Waals surface area contributed by atoms with Crippen LogP contribution in [0.2, 0.25) is 0 Å². The molecule has 0 spiro atoms. The Morgan fingerprint density at radius 3 is 2.29 bits per heavy atom. The Labute approximate surface area is 124 Å². The van der Waals surface area contributed by atoms with Crippen LogP contribution in [0.1, 0.15) is 42.3 Å². The molecule has 3 aromatic rings. The van der Waals surface area contributed by atoms with Crippen molar-refractivity contribution in [3.8, 4) is 0 Å². The summed E-state index contributed by atoms with van der Waals surface area (Å²) in [6.45, 7) is 6.48. The highest BCUT2D eigenvalue weighted by molar-refractivity contribution is 6.15. The van der Waals surface area contributed by atoms with E-state index in [0.29, 0.717) is 11.1 Å². The average Bonchev–Trinajstić information content (AvgIpc) is 2.90. The van der Waals surface area contributed by atoms with Gasteiger partial charge in [-0.2, -0.15) is 0 Å². The van der Waals surface area contributed by atoms with Gasteiger partial charge in [-0.1, -0.05) is 63.2 Å². The minimum absolute atomic E-state index is 0.000379. The van der Waals surface area contributed by atoms with E-state index in [1.54, 1.807) is 6.26 Å². The van der Waals surface area contributed by atoms with E-state index in [-0.39, 0.29) is 11.2 Å². The molecule has 106 valence electrons. The molecule has 0 amide bonds. The van der Waals surface area contributed by atoms with Gasteiger partial charge in [-0.15, -0.1) is 0 Å². The van der Waals surface area contributed by atoms with Crippen molar-refractivity contribution in [1.82, 2.24) is 0 Å². The molecule has 0 aliphatic heterocycles. The zero-order valence-corrected chi connectivity index (χ0v) is 12.5. The van der Waals surface area contributed by atoms with Crippen LogP contribution in [0, 0.1) is 0 Å². The molecule has 1 heterocycles. The summed E-state index contributed by atoms with van der Waals surface area (Å²) in [6.07, 6.45) is 1.55. The Balaban J connectivity index is 1.99. The van der Waals surface area contributed by atoms with Gasteiger partial charge in [-0.05, 0) is 17.0 Å². The molecule has 3 rings (SSSR count). The predicted molar refractivity (Wildman–Crippen MR) is 84.8 cm³/mol. The third-order valence-corrected chi connectivity index (χ3v) is 3.74. The van der Waals surface area contributed by atoms with Crippen LogP contribution in [-0.2, 0) is 5.41 Å². The maximum Gasteiger partial charge on any atom is 0.196 e. The first-order chi connectivity index (χ1) is 9.97. The Morgan fingerprint density at radius 2 is 1.62 bits per heavy atom. The first-order valence-corrected chi connectivity index (χ1v) is 7.08. The maximum atomic E-state index is 12.6. The first kappa shape index (κ1) is 13.6. The van der Waals surface area contributed by atoms with Crippen molar-refractivity contribution in [1.29, 1.82) is 0 Å². The topological polar surface area (TPSA) is 30.2 Å². The fourth-order valence-corrected chi connectivity index (χ4v) is 2.43. The summed E-state index contributed by atoms with van der Waals surface area (Å²) in [5, 5.41) is 0.863. The molecule has 0 aliphatic rings. The molecule has 0 saturated heterocycles. The molecule has 0 aliphatic carbocycles. The second-order valence-corrected chi connectivity index (χ2v) is 6.30. The van der Waals surface area contributed by atoms with Crippen LogP contribution in [-0.4, -0.2) is 5.78 Å². The molecule has 0 atom stereocenters. The lowest BCUT2D eigenvalue weighted by atomic mass is 9.86. The number of furan rings is 1. The molecule has 0 bridgehead atoms. The lowest BCUT2D eigenvalue weighted by Crippen LogP contribution is -2.11. The molecule has 1 aromatic heterocycles. The van der Waals surface area contributed by atoms with Crippen LogP contribution in [0.15, 0.2) is 59.2 Å². The number of carbonyl (C=O) groups is 1. The van der Waals surface area contributed by atoms with Gasteiger partial charge in [0.05, 0.1) is 5.56 Å². The van der Waals surface area contributed by atoms with Gasteiger partial charge in [0, 0.05) is 10.9 Å². The monoisotopic (exact) mass is 278 g/mol. The van der Waals surface area contributed by atoms with Crippen molar-refractivity contribution in [3.63, 3.8) is 0 Å². The highest BCUT2D eigenvalue weighted by atomic mass is 16.3. The molecule has 0 radical (unpaired) electrons. The van der Waals surface area contributed by atoms with Gasteiger partial charge >= 0.3 is 0 Å². The lowest BCUT2D eigenvalue weighted by molar-refractivity contribution is 0.103. The summed E-state index contributed by atoms with van der Waals surface area (Å²) in [4.78, 5) is 12.6. The fourth-order valence-electron chi connectivity index (χ4n) is 2.43. The number of carbonyl (C=O) groups excluding carboxylic acids is 1. The highest BCUT2D eigenvalue weighted by Gasteiger charge is 2.17. The van der Waals surface area contributed by atoms with Crippen molar-refractivity contribution < 1.29 is 9.21 Å². The molecule has 0 fully saturated rings. The summed E-state index contributed by atoms with van der Waals surface area (Å²) in [5.41, 5.74) is 3.36. The van der Waals surface area contributed by atoms with Crippen molar-refractivity contribution in [2.24, 2.45) is 0 Å². The molecule has 0 unspecified atom stereocenters. The number of fused-ring (bicyclic) bond motifs is 1. The maximum absolute atomic E-state index is 12.6. The Bertz CT molecular complexity index is 786. The van der Waals surface area contributed by atoms with E-state index in [0.717, 1.165) is 11.0 Å². The molecule has 0 N–H and O–H groups in total.